The van der Waals surface area contributed by atoms with Gasteiger partial charge in [0.1, 0.15) is 17.5 Å². The lowest BCUT2D eigenvalue weighted by atomic mass is 10.0. The van der Waals surface area contributed by atoms with Crippen LogP contribution in [-0.2, 0) is 17.7 Å². The number of fused-ring (bicyclic) bond motifs is 1. The molecule has 0 unspecified atom stereocenters. The summed E-state index contributed by atoms with van der Waals surface area (Å²) in [5.74, 6) is 0.927. The normalized spacial score (nSPS) is 18.9. The Labute approximate surface area is 143 Å². The van der Waals surface area contributed by atoms with Crippen LogP contribution >= 0.6 is 0 Å². The van der Waals surface area contributed by atoms with Crippen molar-refractivity contribution in [3.05, 3.63) is 23.5 Å². The van der Waals surface area contributed by atoms with Crippen molar-refractivity contribution >= 4 is 6.09 Å². The molecule has 1 fully saturated rings. The van der Waals surface area contributed by atoms with Crippen molar-refractivity contribution in [1.29, 1.82) is 0 Å². The van der Waals surface area contributed by atoms with Crippen LogP contribution in [0.2, 0.25) is 0 Å². The highest BCUT2D eigenvalue weighted by Gasteiger charge is 2.28. The molecule has 24 heavy (non-hydrogen) atoms. The van der Waals surface area contributed by atoms with Gasteiger partial charge in [-0.3, -0.25) is 4.98 Å². The van der Waals surface area contributed by atoms with Crippen LogP contribution in [0.25, 0.3) is 0 Å². The van der Waals surface area contributed by atoms with E-state index in [0.717, 1.165) is 49.4 Å². The number of hydrogen-bond donors (Lipinski definition) is 1. The maximum Gasteiger partial charge on any atom is 0.410 e. The maximum absolute atomic E-state index is 12.3. The standard InChI is InChI=1S/C18H27N3O3/c1-18(2,3)24-17(22)21-11-7-14-15(12-21)20-10-6-16(14)23-13-4-8-19-9-5-13/h6,10,13,19H,4-5,7-9,11-12H2,1-3H3. The summed E-state index contributed by atoms with van der Waals surface area (Å²) in [5, 5.41) is 3.35. The first-order valence-electron chi connectivity index (χ1n) is 8.74. The summed E-state index contributed by atoms with van der Waals surface area (Å²) in [6.45, 7) is 8.77. The van der Waals surface area contributed by atoms with Crippen molar-refractivity contribution < 1.29 is 14.3 Å². The SMILES string of the molecule is CC(C)(C)OC(=O)N1CCc2c(OC3CCNCC3)ccnc2C1. The predicted molar refractivity (Wildman–Crippen MR) is 91.1 cm³/mol. The lowest BCUT2D eigenvalue weighted by Crippen LogP contribution is -2.40. The lowest BCUT2D eigenvalue weighted by Gasteiger charge is -2.32. The molecular formula is C18H27N3O3. The largest absolute Gasteiger partial charge is 0.490 e. The smallest absolute Gasteiger partial charge is 0.410 e. The molecule has 1 N–H and O–H groups in total. The fraction of sp³-hybridized carbons (Fsp3) is 0.667. The van der Waals surface area contributed by atoms with Gasteiger partial charge in [0.15, 0.2) is 0 Å². The van der Waals surface area contributed by atoms with Crippen molar-refractivity contribution in [1.82, 2.24) is 15.2 Å². The fourth-order valence-electron chi connectivity index (χ4n) is 3.11. The number of ether oxygens (including phenoxy) is 2. The minimum absolute atomic E-state index is 0.265. The molecule has 0 atom stereocenters. The molecule has 6 nitrogen and oxygen atoms in total. The van der Waals surface area contributed by atoms with Crippen LogP contribution in [0.15, 0.2) is 12.3 Å². The van der Waals surface area contributed by atoms with Gasteiger partial charge in [-0.15, -0.1) is 0 Å². The third kappa shape index (κ3) is 4.17. The molecule has 132 valence electrons. The first-order chi connectivity index (χ1) is 11.4. The molecule has 1 aromatic rings. The molecule has 0 saturated carbocycles. The van der Waals surface area contributed by atoms with Gasteiger partial charge in [0, 0.05) is 18.3 Å². The zero-order valence-electron chi connectivity index (χ0n) is 14.8. The average Bonchev–Trinajstić information content (AvgIpc) is 2.54. The minimum atomic E-state index is -0.481. The molecule has 0 aliphatic carbocycles. The predicted octanol–water partition coefficient (Wildman–Crippen LogP) is 2.51. The quantitative estimate of drug-likeness (QED) is 0.901. The maximum atomic E-state index is 12.3. The van der Waals surface area contributed by atoms with Gasteiger partial charge in [-0.05, 0) is 59.2 Å². The number of amides is 1. The van der Waals surface area contributed by atoms with Gasteiger partial charge >= 0.3 is 6.09 Å². The van der Waals surface area contributed by atoms with E-state index < -0.39 is 5.60 Å². The Morgan fingerprint density at radius 2 is 2.08 bits per heavy atom. The Morgan fingerprint density at radius 3 is 2.79 bits per heavy atom. The molecule has 0 aromatic carbocycles. The van der Waals surface area contributed by atoms with E-state index in [1.807, 2.05) is 26.8 Å². The van der Waals surface area contributed by atoms with Gasteiger partial charge < -0.3 is 19.7 Å². The van der Waals surface area contributed by atoms with Gasteiger partial charge in [-0.1, -0.05) is 0 Å². The Bertz CT molecular complexity index is 592. The van der Waals surface area contributed by atoms with Crippen molar-refractivity contribution in [2.24, 2.45) is 0 Å². The Balaban J connectivity index is 1.69. The molecule has 1 aromatic heterocycles. The second-order valence-electron chi connectivity index (χ2n) is 7.45. The number of carbonyl (C=O) groups excluding carboxylic acids is 1. The molecule has 0 radical (unpaired) electrons. The minimum Gasteiger partial charge on any atom is -0.490 e. The number of nitrogens with one attached hydrogen (secondary N) is 1. The van der Waals surface area contributed by atoms with Crippen LogP contribution in [0.4, 0.5) is 4.79 Å². The highest BCUT2D eigenvalue weighted by Crippen LogP contribution is 2.29. The molecule has 3 heterocycles. The number of nitrogens with zero attached hydrogens (tertiary/aromatic N) is 2. The van der Waals surface area contributed by atoms with Gasteiger partial charge in [-0.25, -0.2) is 4.79 Å². The first kappa shape index (κ1) is 17.0. The molecule has 1 saturated heterocycles. The lowest BCUT2D eigenvalue weighted by molar-refractivity contribution is 0.0219. The summed E-state index contributed by atoms with van der Waals surface area (Å²) in [7, 11) is 0. The zero-order chi connectivity index (χ0) is 17.2. The van der Waals surface area contributed by atoms with E-state index in [1.54, 1.807) is 11.1 Å². The van der Waals surface area contributed by atoms with Gasteiger partial charge in [0.05, 0.1) is 12.2 Å². The van der Waals surface area contributed by atoms with Crippen LogP contribution in [0.1, 0.15) is 44.9 Å². The number of pyridine rings is 1. The number of aromatic nitrogens is 1. The molecule has 6 heteroatoms. The van der Waals surface area contributed by atoms with E-state index in [2.05, 4.69) is 10.3 Å². The molecule has 3 rings (SSSR count). The summed E-state index contributed by atoms with van der Waals surface area (Å²) < 4.78 is 11.7. The Morgan fingerprint density at radius 1 is 1.33 bits per heavy atom. The van der Waals surface area contributed by atoms with E-state index >= 15 is 0 Å². The summed E-state index contributed by atoms with van der Waals surface area (Å²) >= 11 is 0. The van der Waals surface area contributed by atoms with E-state index in [-0.39, 0.29) is 12.2 Å². The molecule has 2 aliphatic heterocycles. The Kier molecular flexibility index (Phi) is 4.94. The molecular weight excluding hydrogens is 306 g/mol. The first-order valence-corrected chi connectivity index (χ1v) is 8.74. The topological polar surface area (TPSA) is 63.7 Å². The second-order valence-corrected chi connectivity index (χ2v) is 7.45. The highest BCUT2D eigenvalue weighted by molar-refractivity contribution is 5.68. The highest BCUT2D eigenvalue weighted by atomic mass is 16.6. The second kappa shape index (κ2) is 6.97. The summed E-state index contributed by atoms with van der Waals surface area (Å²) in [6.07, 6.45) is 4.57. The molecule has 2 aliphatic rings. The number of piperidine rings is 1. The van der Waals surface area contributed by atoms with E-state index in [1.165, 1.54) is 0 Å². The van der Waals surface area contributed by atoms with E-state index in [0.29, 0.717) is 13.1 Å². The summed E-state index contributed by atoms with van der Waals surface area (Å²) in [5.41, 5.74) is 1.57. The number of carbonyl (C=O) groups is 1. The number of hydrogen-bond acceptors (Lipinski definition) is 5. The zero-order valence-corrected chi connectivity index (χ0v) is 14.8. The van der Waals surface area contributed by atoms with Crippen LogP contribution in [0, 0.1) is 0 Å². The van der Waals surface area contributed by atoms with Gasteiger partial charge in [-0.2, -0.15) is 0 Å². The third-order valence-corrected chi connectivity index (χ3v) is 4.31. The van der Waals surface area contributed by atoms with Crippen molar-refractivity contribution in [3.8, 4) is 5.75 Å². The van der Waals surface area contributed by atoms with Crippen LogP contribution in [0.5, 0.6) is 5.75 Å². The third-order valence-electron chi connectivity index (χ3n) is 4.31. The number of rotatable bonds is 2. The molecule has 0 bridgehead atoms. The fourth-order valence-corrected chi connectivity index (χ4v) is 3.11. The summed E-state index contributed by atoms with van der Waals surface area (Å²) in [4.78, 5) is 18.4. The van der Waals surface area contributed by atoms with Crippen LogP contribution < -0.4 is 10.1 Å². The molecule has 1 amide bonds. The summed E-state index contributed by atoms with van der Waals surface area (Å²) in [6, 6.07) is 1.95. The van der Waals surface area contributed by atoms with E-state index in [4.69, 9.17) is 9.47 Å². The monoisotopic (exact) mass is 333 g/mol. The van der Waals surface area contributed by atoms with Crippen molar-refractivity contribution in [3.63, 3.8) is 0 Å². The average molecular weight is 333 g/mol. The van der Waals surface area contributed by atoms with Gasteiger partial charge in [0.25, 0.3) is 0 Å². The van der Waals surface area contributed by atoms with Crippen molar-refractivity contribution in [2.45, 2.75) is 58.3 Å². The molecule has 0 spiro atoms. The van der Waals surface area contributed by atoms with Crippen LogP contribution in [0.3, 0.4) is 0 Å². The van der Waals surface area contributed by atoms with Crippen LogP contribution in [-0.4, -0.2) is 47.3 Å². The van der Waals surface area contributed by atoms with Crippen molar-refractivity contribution in [2.75, 3.05) is 19.6 Å². The van der Waals surface area contributed by atoms with Gasteiger partial charge in [0.2, 0.25) is 0 Å². The van der Waals surface area contributed by atoms with E-state index in [9.17, 15) is 4.79 Å². The Hall–Kier alpha value is -1.82.